The number of aliphatic hydroxyl groups excluding tert-OH is 2. The molecule has 0 heterocycles. The molecule has 4 nitrogen and oxygen atoms in total. The SMILES string of the molecule is CC=C(C)C(=O)OC(CCC)C(O)CO. The second kappa shape index (κ2) is 7.43. The Balaban J connectivity index is 4.34. The van der Waals surface area contributed by atoms with Crippen molar-refractivity contribution in [3.8, 4) is 0 Å². The predicted molar refractivity (Wildman–Crippen MR) is 57.3 cm³/mol. The molecule has 2 unspecified atom stereocenters. The van der Waals surface area contributed by atoms with E-state index in [0.717, 1.165) is 6.42 Å². The van der Waals surface area contributed by atoms with Crippen LogP contribution in [0.1, 0.15) is 33.6 Å². The number of rotatable bonds is 6. The van der Waals surface area contributed by atoms with Gasteiger partial charge in [-0.2, -0.15) is 0 Å². The summed E-state index contributed by atoms with van der Waals surface area (Å²) in [5.74, 6) is -0.441. The maximum atomic E-state index is 11.4. The summed E-state index contributed by atoms with van der Waals surface area (Å²) in [5, 5.41) is 18.2. The Hall–Kier alpha value is -0.870. The fourth-order valence-electron chi connectivity index (χ4n) is 1.08. The zero-order valence-electron chi connectivity index (χ0n) is 9.56. The van der Waals surface area contributed by atoms with Gasteiger partial charge in [-0.15, -0.1) is 0 Å². The normalized spacial score (nSPS) is 15.9. The minimum atomic E-state index is -1.00. The maximum absolute atomic E-state index is 11.4. The zero-order chi connectivity index (χ0) is 11.8. The van der Waals surface area contributed by atoms with Crippen LogP contribution in [0, 0.1) is 0 Å². The molecule has 0 saturated heterocycles. The summed E-state index contributed by atoms with van der Waals surface area (Å²) in [6, 6.07) is 0. The molecule has 0 aromatic carbocycles. The van der Waals surface area contributed by atoms with E-state index >= 15 is 0 Å². The van der Waals surface area contributed by atoms with Crippen molar-refractivity contribution in [1.29, 1.82) is 0 Å². The minimum Gasteiger partial charge on any atom is -0.456 e. The largest absolute Gasteiger partial charge is 0.456 e. The summed E-state index contributed by atoms with van der Waals surface area (Å²) in [5.41, 5.74) is 0.501. The van der Waals surface area contributed by atoms with Gasteiger partial charge in [0.2, 0.25) is 0 Å². The molecular weight excluding hydrogens is 196 g/mol. The van der Waals surface area contributed by atoms with Gasteiger partial charge in [0.15, 0.2) is 0 Å². The Morgan fingerprint density at radius 2 is 2.13 bits per heavy atom. The number of hydrogen-bond donors (Lipinski definition) is 2. The summed E-state index contributed by atoms with van der Waals surface area (Å²) in [6.07, 6.45) is 1.35. The minimum absolute atomic E-state index is 0.396. The van der Waals surface area contributed by atoms with E-state index in [0.29, 0.717) is 12.0 Å². The molecule has 0 fully saturated rings. The molecule has 0 radical (unpaired) electrons. The second-order valence-electron chi connectivity index (χ2n) is 3.45. The topological polar surface area (TPSA) is 66.8 Å². The summed E-state index contributed by atoms with van der Waals surface area (Å²) in [6.45, 7) is 4.92. The molecule has 0 rings (SSSR count). The molecule has 0 saturated carbocycles. The molecule has 4 heteroatoms. The van der Waals surface area contributed by atoms with E-state index in [1.165, 1.54) is 0 Å². The van der Waals surface area contributed by atoms with E-state index < -0.39 is 24.8 Å². The van der Waals surface area contributed by atoms with Crippen LogP contribution in [0.2, 0.25) is 0 Å². The lowest BCUT2D eigenvalue weighted by molar-refractivity contribution is -0.152. The number of hydrogen-bond acceptors (Lipinski definition) is 4. The van der Waals surface area contributed by atoms with Gasteiger partial charge in [0.1, 0.15) is 12.2 Å². The van der Waals surface area contributed by atoms with Crippen molar-refractivity contribution in [1.82, 2.24) is 0 Å². The molecule has 0 spiro atoms. The number of ether oxygens (including phenoxy) is 1. The van der Waals surface area contributed by atoms with Gasteiger partial charge in [-0.05, 0) is 20.3 Å². The smallest absolute Gasteiger partial charge is 0.333 e. The van der Waals surface area contributed by atoms with Crippen LogP contribution in [0.25, 0.3) is 0 Å². The molecule has 0 aliphatic rings. The Kier molecular flexibility index (Phi) is 6.99. The van der Waals surface area contributed by atoms with Crippen molar-refractivity contribution >= 4 is 5.97 Å². The number of allylic oxidation sites excluding steroid dienone is 1. The van der Waals surface area contributed by atoms with Crippen molar-refractivity contribution in [2.24, 2.45) is 0 Å². The fraction of sp³-hybridized carbons (Fsp3) is 0.727. The fourth-order valence-corrected chi connectivity index (χ4v) is 1.08. The average molecular weight is 216 g/mol. The van der Waals surface area contributed by atoms with Crippen LogP contribution in [0.5, 0.6) is 0 Å². The van der Waals surface area contributed by atoms with Gasteiger partial charge in [-0.1, -0.05) is 19.4 Å². The second-order valence-corrected chi connectivity index (χ2v) is 3.45. The quantitative estimate of drug-likeness (QED) is 0.514. The van der Waals surface area contributed by atoms with E-state index in [2.05, 4.69) is 0 Å². The van der Waals surface area contributed by atoms with Gasteiger partial charge in [-0.3, -0.25) is 0 Å². The van der Waals surface area contributed by atoms with Gasteiger partial charge in [-0.25, -0.2) is 4.79 Å². The van der Waals surface area contributed by atoms with E-state index in [4.69, 9.17) is 9.84 Å². The van der Waals surface area contributed by atoms with Crippen LogP contribution < -0.4 is 0 Å². The highest BCUT2D eigenvalue weighted by Gasteiger charge is 2.22. The first kappa shape index (κ1) is 14.1. The Morgan fingerprint density at radius 3 is 2.53 bits per heavy atom. The van der Waals surface area contributed by atoms with Crippen molar-refractivity contribution in [2.75, 3.05) is 6.61 Å². The number of carbonyl (C=O) groups excluding carboxylic acids is 1. The van der Waals surface area contributed by atoms with E-state index in [9.17, 15) is 9.90 Å². The molecule has 0 aromatic rings. The Morgan fingerprint density at radius 1 is 1.53 bits per heavy atom. The van der Waals surface area contributed by atoms with Crippen molar-refractivity contribution < 1.29 is 19.7 Å². The number of aliphatic hydroxyl groups is 2. The summed E-state index contributed by atoms with van der Waals surface area (Å²) < 4.78 is 5.08. The lowest BCUT2D eigenvalue weighted by Gasteiger charge is -2.21. The highest BCUT2D eigenvalue weighted by atomic mass is 16.6. The molecular formula is C11H20O4. The third-order valence-electron chi connectivity index (χ3n) is 2.20. The molecule has 88 valence electrons. The third kappa shape index (κ3) is 4.95. The van der Waals surface area contributed by atoms with Crippen LogP contribution in [-0.4, -0.2) is 35.0 Å². The van der Waals surface area contributed by atoms with Crippen LogP contribution in [-0.2, 0) is 9.53 Å². The van der Waals surface area contributed by atoms with Crippen LogP contribution in [0.4, 0.5) is 0 Å². The van der Waals surface area contributed by atoms with Gasteiger partial charge in [0.25, 0.3) is 0 Å². The molecule has 0 amide bonds. The molecule has 2 N–H and O–H groups in total. The Bertz CT molecular complexity index is 223. The van der Waals surface area contributed by atoms with Crippen molar-refractivity contribution in [3.05, 3.63) is 11.6 Å². The summed E-state index contributed by atoms with van der Waals surface area (Å²) in [7, 11) is 0. The number of carbonyl (C=O) groups is 1. The molecule has 0 bridgehead atoms. The standard InChI is InChI=1S/C11H20O4/c1-4-6-10(9(13)7-12)15-11(14)8(3)5-2/h5,9-10,12-13H,4,6-7H2,1-3H3. The van der Waals surface area contributed by atoms with E-state index in [1.54, 1.807) is 19.9 Å². The van der Waals surface area contributed by atoms with E-state index in [1.807, 2.05) is 6.92 Å². The van der Waals surface area contributed by atoms with Gasteiger partial charge in [0.05, 0.1) is 6.61 Å². The average Bonchev–Trinajstić information content (AvgIpc) is 2.26. The first-order valence-corrected chi connectivity index (χ1v) is 5.19. The lowest BCUT2D eigenvalue weighted by atomic mass is 10.1. The van der Waals surface area contributed by atoms with Gasteiger partial charge >= 0.3 is 5.97 Å². The first-order valence-electron chi connectivity index (χ1n) is 5.19. The van der Waals surface area contributed by atoms with Gasteiger partial charge in [0, 0.05) is 5.57 Å². The predicted octanol–water partition coefficient (Wildman–Crippen LogP) is 1.02. The zero-order valence-corrected chi connectivity index (χ0v) is 9.56. The van der Waals surface area contributed by atoms with Crippen LogP contribution in [0.15, 0.2) is 11.6 Å². The number of esters is 1. The Labute approximate surface area is 90.6 Å². The highest BCUT2D eigenvalue weighted by molar-refractivity contribution is 5.87. The first-order chi connectivity index (χ1) is 7.06. The molecule has 0 aromatic heterocycles. The molecule has 15 heavy (non-hydrogen) atoms. The molecule has 0 aliphatic heterocycles. The van der Waals surface area contributed by atoms with Gasteiger partial charge < -0.3 is 14.9 Å². The van der Waals surface area contributed by atoms with Crippen molar-refractivity contribution in [2.45, 2.75) is 45.8 Å². The third-order valence-corrected chi connectivity index (χ3v) is 2.20. The summed E-state index contributed by atoms with van der Waals surface area (Å²) in [4.78, 5) is 11.4. The van der Waals surface area contributed by atoms with Crippen LogP contribution >= 0.6 is 0 Å². The lowest BCUT2D eigenvalue weighted by Crippen LogP contribution is -2.34. The van der Waals surface area contributed by atoms with Crippen LogP contribution in [0.3, 0.4) is 0 Å². The van der Waals surface area contributed by atoms with E-state index in [-0.39, 0.29) is 0 Å². The molecule has 2 atom stereocenters. The molecule has 0 aliphatic carbocycles. The maximum Gasteiger partial charge on any atom is 0.333 e. The van der Waals surface area contributed by atoms with Crippen molar-refractivity contribution in [3.63, 3.8) is 0 Å². The summed E-state index contributed by atoms with van der Waals surface area (Å²) >= 11 is 0. The highest BCUT2D eigenvalue weighted by Crippen LogP contribution is 2.10. The monoisotopic (exact) mass is 216 g/mol.